The number of sulfone groups is 1. The number of hydrogen-bond donors (Lipinski definition) is 2. The first-order valence-corrected chi connectivity index (χ1v) is 9.66. The lowest BCUT2D eigenvalue weighted by atomic mass is 10.0. The molecule has 0 aliphatic rings. The van der Waals surface area contributed by atoms with Crippen LogP contribution in [0.3, 0.4) is 0 Å². The lowest BCUT2D eigenvalue weighted by Crippen LogP contribution is -2.33. The van der Waals surface area contributed by atoms with E-state index in [1.54, 1.807) is 18.2 Å². The Balaban J connectivity index is 0.00000312. The normalized spacial score (nSPS) is 12.1. The van der Waals surface area contributed by atoms with Gasteiger partial charge in [0.2, 0.25) is 5.91 Å². The SMILES string of the molecule is Cc1ccc(C(N)C(=O)NCc2ccccc2CS(C)(=O)=O)cc1.Cl. The van der Waals surface area contributed by atoms with Crippen molar-refractivity contribution in [3.05, 3.63) is 70.8 Å². The van der Waals surface area contributed by atoms with Gasteiger partial charge in [-0.2, -0.15) is 0 Å². The summed E-state index contributed by atoms with van der Waals surface area (Å²) < 4.78 is 23.0. The Morgan fingerprint density at radius 1 is 1.08 bits per heavy atom. The molecule has 0 saturated carbocycles. The van der Waals surface area contributed by atoms with Gasteiger partial charge in [0.15, 0.2) is 9.84 Å². The molecule has 136 valence electrons. The van der Waals surface area contributed by atoms with Gasteiger partial charge in [0, 0.05) is 12.8 Å². The highest BCUT2D eigenvalue weighted by atomic mass is 35.5. The maximum atomic E-state index is 12.2. The third-order valence-electron chi connectivity index (χ3n) is 3.71. The first-order chi connectivity index (χ1) is 11.3. The second kappa shape index (κ2) is 8.99. The maximum absolute atomic E-state index is 12.2. The highest BCUT2D eigenvalue weighted by Crippen LogP contribution is 2.14. The van der Waals surface area contributed by atoms with Crippen LogP contribution in [0.2, 0.25) is 0 Å². The Hall–Kier alpha value is -1.89. The van der Waals surface area contributed by atoms with E-state index in [1.807, 2.05) is 37.3 Å². The summed E-state index contributed by atoms with van der Waals surface area (Å²) in [4.78, 5) is 12.2. The van der Waals surface area contributed by atoms with Gasteiger partial charge in [0.1, 0.15) is 6.04 Å². The third-order valence-corrected chi connectivity index (χ3v) is 4.54. The number of benzene rings is 2. The van der Waals surface area contributed by atoms with Crippen molar-refractivity contribution in [1.29, 1.82) is 0 Å². The molecule has 0 aliphatic carbocycles. The first kappa shape index (κ1) is 21.2. The molecule has 0 fully saturated rings. The van der Waals surface area contributed by atoms with Gasteiger partial charge >= 0.3 is 0 Å². The highest BCUT2D eigenvalue weighted by molar-refractivity contribution is 7.89. The quantitative estimate of drug-likeness (QED) is 0.802. The van der Waals surface area contributed by atoms with E-state index in [2.05, 4.69) is 5.32 Å². The minimum absolute atomic E-state index is 0. The molecule has 1 amide bonds. The highest BCUT2D eigenvalue weighted by Gasteiger charge is 2.16. The van der Waals surface area contributed by atoms with Crippen molar-refractivity contribution in [3.8, 4) is 0 Å². The van der Waals surface area contributed by atoms with Crippen molar-refractivity contribution in [3.63, 3.8) is 0 Å². The number of nitrogens with one attached hydrogen (secondary N) is 1. The minimum atomic E-state index is -3.14. The standard InChI is InChI=1S/C18H22N2O3S.ClH/c1-13-7-9-14(10-8-13)17(19)18(21)20-11-15-5-3-4-6-16(15)12-24(2,22)23;/h3-10,17H,11-12,19H2,1-2H3,(H,20,21);1H. The van der Waals surface area contributed by atoms with E-state index in [0.29, 0.717) is 5.56 Å². The summed E-state index contributed by atoms with van der Waals surface area (Å²) in [6.07, 6.45) is 1.19. The van der Waals surface area contributed by atoms with E-state index in [1.165, 1.54) is 6.26 Å². The lowest BCUT2D eigenvalue weighted by molar-refractivity contribution is -0.122. The summed E-state index contributed by atoms with van der Waals surface area (Å²) in [5.74, 6) is -0.351. The number of aryl methyl sites for hydroxylation is 1. The summed E-state index contributed by atoms with van der Waals surface area (Å²) in [7, 11) is -3.14. The van der Waals surface area contributed by atoms with E-state index in [4.69, 9.17) is 5.73 Å². The predicted molar refractivity (Wildman–Crippen MR) is 102 cm³/mol. The van der Waals surface area contributed by atoms with Crippen LogP contribution in [0.4, 0.5) is 0 Å². The van der Waals surface area contributed by atoms with E-state index in [9.17, 15) is 13.2 Å². The summed E-state index contributed by atoms with van der Waals surface area (Å²) in [5.41, 5.74) is 9.28. The molecule has 0 heterocycles. The van der Waals surface area contributed by atoms with Crippen molar-refractivity contribution < 1.29 is 13.2 Å². The molecule has 25 heavy (non-hydrogen) atoms. The first-order valence-electron chi connectivity index (χ1n) is 7.60. The van der Waals surface area contributed by atoms with Gasteiger partial charge in [0.05, 0.1) is 5.75 Å². The van der Waals surface area contributed by atoms with Gasteiger partial charge in [-0.25, -0.2) is 8.42 Å². The summed E-state index contributed by atoms with van der Waals surface area (Å²) in [6.45, 7) is 2.21. The van der Waals surface area contributed by atoms with Gasteiger partial charge in [0.25, 0.3) is 0 Å². The Morgan fingerprint density at radius 3 is 2.20 bits per heavy atom. The largest absolute Gasteiger partial charge is 0.350 e. The van der Waals surface area contributed by atoms with Crippen molar-refractivity contribution in [2.24, 2.45) is 5.73 Å². The van der Waals surface area contributed by atoms with Crippen molar-refractivity contribution in [2.75, 3.05) is 6.26 Å². The van der Waals surface area contributed by atoms with Gasteiger partial charge in [-0.3, -0.25) is 4.79 Å². The molecule has 2 rings (SSSR count). The van der Waals surface area contributed by atoms with Gasteiger partial charge < -0.3 is 11.1 Å². The Kier molecular flexibility index (Phi) is 7.60. The molecule has 1 unspecified atom stereocenters. The minimum Gasteiger partial charge on any atom is -0.350 e. The Labute approximate surface area is 155 Å². The number of hydrogen-bond acceptors (Lipinski definition) is 4. The molecule has 0 bridgehead atoms. The summed E-state index contributed by atoms with van der Waals surface area (Å²) >= 11 is 0. The van der Waals surface area contributed by atoms with Crippen LogP contribution in [0, 0.1) is 6.92 Å². The molecule has 7 heteroatoms. The van der Waals surface area contributed by atoms with Crippen molar-refractivity contribution in [2.45, 2.75) is 25.3 Å². The average Bonchev–Trinajstić information content (AvgIpc) is 2.52. The predicted octanol–water partition coefficient (Wildman–Crippen LogP) is 2.28. The fourth-order valence-electron chi connectivity index (χ4n) is 2.37. The molecule has 0 radical (unpaired) electrons. The molecule has 0 saturated heterocycles. The van der Waals surface area contributed by atoms with Crippen LogP contribution in [-0.2, 0) is 26.9 Å². The fraction of sp³-hybridized carbons (Fsp3) is 0.278. The van der Waals surface area contributed by atoms with Crippen LogP contribution in [0.15, 0.2) is 48.5 Å². The number of nitrogens with two attached hydrogens (primary N) is 1. The molecule has 0 aliphatic heterocycles. The number of halogens is 1. The second-order valence-corrected chi connectivity index (χ2v) is 8.09. The second-order valence-electron chi connectivity index (χ2n) is 5.94. The Bertz CT molecular complexity index is 820. The number of amides is 1. The zero-order valence-corrected chi connectivity index (χ0v) is 15.9. The number of rotatable bonds is 6. The molecule has 3 N–H and O–H groups in total. The van der Waals surface area contributed by atoms with Crippen LogP contribution in [0.5, 0.6) is 0 Å². The molecular weight excluding hydrogens is 360 g/mol. The zero-order chi connectivity index (χ0) is 17.7. The maximum Gasteiger partial charge on any atom is 0.241 e. The van der Waals surface area contributed by atoms with Crippen molar-refractivity contribution >= 4 is 28.2 Å². The molecule has 0 aromatic heterocycles. The lowest BCUT2D eigenvalue weighted by Gasteiger charge is -2.14. The molecule has 1 atom stereocenters. The van der Waals surface area contributed by atoms with Crippen LogP contribution in [0.1, 0.15) is 28.3 Å². The van der Waals surface area contributed by atoms with Crippen LogP contribution in [0.25, 0.3) is 0 Å². The fourth-order valence-corrected chi connectivity index (χ4v) is 3.22. The smallest absolute Gasteiger partial charge is 0.241 e. The summed E-state index contributed by atoms with van der Waals surface area (Å²) in [6, 6.07) is 13.9. The summed E-state index contributed by atoms with van der Waals surface area (Å²) in [5, 5.41) is 2.78. The van der Waals surface area contributed by atoms with Crippen molar-refractivity contribution in [1.82, 2.24) is 5.32 Å². The average molecular weight is 383 g/mol. The zero-order valence-electron chi connectivity index (χ0n) is 14.2. The molecule has 2 aromatic rings. The van der Waals surface area contributed by atoms with E-state index < -0.39 is 15.9 Å². The number of carbonyl (C=O) groups excluding carboxylic acids is 1. The van der Waals surface area contributed by atoms with E-state index >= 15 is 0 Å². The topological polar surface area (TPSA) is 89.3 Å². The Morgan fingerprint density at radius 2 is 1.64 bits per heavy atom. The van der Waals surface area contributed by atoms with Crippen LogP contribution >= 0.6 is 12.4 Å². The van der Waals surface area contributed by atoms with Crippen LogP contribution in [-0.4, -0.2) is 20.6 Å². The van der Waals surface area contributed by atoms with Crippen LogP contribution < -0.4 is 11.1 Å². The molecule has 2 aromatic carbocycles. The van der Waals surface area contributed by atoms with Gasteiger partial charge in [-0.15, -0.1) is 12.4 Å². The monoisotopic (exact) mass is 382 g/mol. The molecular formula is C18H23ClN2O3S. The van der Waals surface area contributed by atoms with Gasteiger partial charge in [-0.1, -0.05) is 54.1 Å². The third kappa shape index (κ3) is 6.49. The van der Waals surface area contributed by atoms with Gasteiger partial charge in [-0.05, 0) is 23.6 Å². The molecule has 5 nitrogen and oxygen atoms in total. The van der Waals surface area contributed by atoms with E-state index in [0.717, 1.165) is 16.7 Å². The molecule has 0 spiro atoms. The number of carbonyl (C=O) groups is 1. The van der Waals surface area contributed by atoms with E-state index in [-0.39, 0.29) is 30.6 Å².